The summed E-state index contributed by atoms with van der Waals surface area (Å²) >= 11 is 0. The number of rotatable bonds is 5. The Morgan fingerprint density at radius 2 is 1.87 bits per heavy atom. The molecule has 4 rings (SSSR count). The number of amides is 2. The van der Waals surface area contributed by atoms with E-state index in [4.69, 9.17) is 10.1 Å². The summed E-state index contributed by atoms with van der Waals surface area (Å²) in [7, 11) is 2.12. The third-order valence-electron chi connectivity index (χ3n) is 7.00. The predicted octanol–water partition coefficient (Wildman–Crippen LogP) is 2.56. The standard InChI is InChI=1S/C22H33N5O3/c1-15-14-26(17-6-3-16(4-7-17)5-8-21(28)29)22(30)27(15)20-13-23-18-9-11-25(2)12-10-19(18)24-20/h13,15-17H,3-12,14H2,1-2H3,(H,28,29). The Bertz CT molecular complexity index is 793. The topological polar surface area (TPSA) is 89.9 Å². The number of carbonyl (C=O) groups is 2. The van der Waals surface area contributed by atoms with Crippen LogP contribution in [0.5, 0.6) is 0 Å². The fourth-order valence-corrected chi connectivity index (χ4v) is 5.15. The quantitative estimate of drug-likeness (QED) is 0.795. The second-order valence-corrected chi connectivity index (χ2v) is 9.19. The molecule has 1 unspecified atom stereocenters. The molecule has 2 amide bonds. The Kier molecular flexibility index (Phi) is 6.22. The van der Waals surface area contributed by atoms with Crippen molar-refractivity contribution in [3.63, 3.8) is 0 Å². The molecule has 2 fully saturated rings. The Morgan fingerprint density at radius 3 is 2.57 bits per heavy atom. The minimum absolute atomic E-state index is 0.0384. The first kappa shape index (κ1) is 21.0. The molecule has 0 aromatic carbocycles. The van der Waals surface area contributed by atoms with Gasteiger partial charge in [-0.15, -0.1) is 0 Å². The number of carboxylic acids is 1. The average Bonchev–Trinajstić information content (AvgIpc) is 2.90. The van der Waals surface area contributed by atoms with Crippen LogP contribution in [0.25, 0.3) is 0 Å². The van der Waals surface area contributed by atoms with Crippen molar-refractivity contribution in [2.75, 3.05) is 31.6 Å². The van der Waals surface area contributed by atoms with Crippen molar-refractivity contribution >= 4 is 17.8 Å². The third kappa shape index (κ3) is 4.43. The first-order valence-electron chi connectivity index (χ1n) is 11.3. The van der Waals surface area contributed by atoms with Gasteiger partial charge in [-0.25, -0.2) is 9.78 Å². The number of nitrogens with zero attached hydrogens (tertiary/aromatic N) is 5. The zero-order valence-electron chi connectivity index (χ0n) is 18.1. The number of aliphatic carboxylic acids is 1. The fourth-order valence-electron chi connectivity index (χ4n) is 5.15. The maximum atomic E-state index is 13.3. The highest BCUT2D eigenvalue weighted by Crippen LogP contribution is 2.34. The zero-order chi connectivity index (χ0) is 21.3. The summed E-state index contributed by atoms with van der Waals surface area (Å²) in [5.41, 5.74) is 2.08. The summed E-state index contributed by atoms with van der Waals surface area (Å²) in [6, 6.07) is 0.355. The Hall–Kier alpha value is -2.22. The van der Waals surface area contributed by atoms with E-state index < -0.39 is 5.97 Å². The highest BCUT2D eigenvalue weighted by molar-refractivity contribution is 5.94. The summed E-state index contributed by atoms with van der Waals surface area (Å²) < 4.78 is 0. The van der Waals surface area contributed by atoms with Gasteiger partial charge in [-0.05, 0) is 52.0 Å². The molecule has 1 saturated carbocycles. The Labute approximate surface area is 178 Å². The van der Waals surface area contributed by atoms with E-state index in [9.17, 15) is 9.59 Å². The van der Waals surface area contributed by atoms with E-state index in [-0.39, 0.29) is 24.5 Å². The fraction of sp³-hybridized carbons (Fsp3) is 0.727. The van der Waals surface area contributed by atoms with Crippen LogP contribution in [0.4, 0.5) is 10.6 Å². The second-order valence-electron chi connectivity index (χ2n) is 9.19. The van der Waals surface area contributed by atoms with Crippen LogP contribution in [-0.2, 0) is 17.6 Å². The molecule has 30 heavy (non-hydrogen) atoms. The number of fused-ring (bicyclic) bond motifs is 1. The summed E-state index contributed by atoms with van der Waals surface area (Å²) in [5, 5.41) is 8.90. The molecule has 1 aliphatic carbocycles. The minimum atomic E-state index is -0.718. The summed E-state index contributed by atoms with van der Waals surface area (Å²) in [6.07, 6.45) is 8.45. The van der Waals surface area contributed by atoms with E-state index in [2.05, 4.69) is 23.9 Å². The maximum absolute atomic E-state index is 13.3. The van der Waals surface area contributed by atoms with Crippen molar-refractivity contribution in [2.45, 2.75) is 70.4 Å². The van der Waals surface area contributed by atoms with Gasteiger partial charge in [0.1, 0.15) is 0 Å². The van der Waals surface area contributed by atoms with E-state index in [1.807, 2.05) is 9.80 Å². The maximum Gasteiger partial charge on any atom is 0.326 e. The van der Waals surface area contributed by atoms with Crippen LogP contribution in [0.3, 0.4) is 0 Å². The number of likely N-dealkylation sites (N-methyl/N-ethyl adjacent to an activating group) is 1. The van der Waals surface area contributed by atoms with Crippen LogP contribution >= 0.6 is 0 Å². The smallest absolute Gasteiger partial charge is 0.326 e. The molecular weight excluding hydrogens is 382 g/mol. The number of urea groups is 1. The lowest BCUT2D eigenvalue weighted by Crippen LogP contribution is -2.41. The number of aromatic nitrogens is 2. The molecule has 8 heteroatoms. The number of anilines is 1. The lowest BCUT2D eigenvalue weighted by molar-refractivity contribution is -0.137. The third-order valence-corrected chi connectivity index (χ3v) is 7.00. The molecular formula is C22H33N5O3. The van der Waals surface area contributed by atoms with Crippen LogP contribution in [0.1, 0.15) is 56.8 Å². The van der Waals surface area contributed by atoms with Crippen molar-refractivity contribution in [3.05, 3.63) is 17.6 Å². The molecule has 0 bridgehead atoms. The Balaban J connectivity index is 1.41. The second kappa shape index (κ2) is 8.88. The molecule has 2 aliphatic heterocycles. The van der Waals surface area contributed by atoms with Crippen LogP contribution in [0, 0.1) is 5.92 Å². The minimum Gasteiger partial charge on any atom is -0.481 e. The lowest BCUT2D eigenvalue weighted by Gasteiger charge is -2.34. The zero-order valence-corrected chi connectivity index (χ0v) is 18.1. The first-order chi connectivity index (χ1) is 14.4. The number of hydrogen-bond acceptors (Lipinski definition) is 5. The monoisotopic (exact) mass is 415 g/mol. The van der Waals surface area contributed by atoms with E-state index in [0.29, 0.717) is 18.3 Å². The Morgan fingerprint density at radius 1 is 1.17 bits per heavy atom. The van der Waals surface area contributed by atoms with Gasteiger partial charge >= 0.3 is 12.0 Å². The van der Waals surface area contributed by atoms with E-state index in [1.165, 1.54) is 0 Å². The van der Waals surface area contributed by atoms with Gasteiger partial charge in [0.2, 0.25) is 0 Å². The van der Waals surface area contributed by atoms with Crippen LogP contribution < -0.4 is 4.90 Å². The highest BCUT2D eigenvalue weighted by atomic mass is 16.4. The van der Waals surface area contributed by atoms with Gasteiger partial charge in [0.25, 0.3) is 0 Å². The van der Waals surface area contributed by atoms with Crippen molar-refractivity contribution in [1.82, 2.24) is 19.8 Å². The van der Waals surface area contributed by atoms with Crippen molar-refractivity contribution < 1.29 is 14.7 Å². The molecule has 8 nitrogen and oxygen atoms in total. The molecule has 164 valence electrons. The lowest BCUT2D eigenvalue weighted by atomic mass is 9.83. The average molecular weight is 416 g/mol. The largest absolute Gasteiger partial charge is 0.481 e. The number of carbonyl (C=O) groups excluding carboxylic acids is 1. The predicted molar refractivity (Wildman–Crippen MR) is 114 cm³/mol. The molecule has 0 spiro atoms. The van der Waals surface area contributed by atoms with Gasteiger partial charge < -0.3 is 14.9 Å². The van der Waals surface area contributed by atoms with E-state index in [1.54, 1.807) is 6.20 Å². The number of hydrogen-bond donors (Lipinski definition) is 1. The molecule has 1 N–H and O–H groups in total. The summed E-state index contributed by atoms with van der Waals surface area (Å²) in [5.74, 6) is 0.426. The van der Waals surface area contributed by atoms with Crippen molar-refractivity contribution in [3.8, 4) is 0 Å². The molecule has 3 heterocycles. The highest BCUT2D eigenvalue weighted by Gasteiger charge is 2.41. The van der Waals surface area contributed by atoms with Gasteiger partial charge in [-0.3, -0.25) is 14.7 Å². The van der Waals surface area contributed by atoms with Gasteiger partial charge in [0.05, 0.1) is 23.6 Å². The molecule has 1 atom stereocenters. The first-order valence-corrected chi connectivity index (χ1v) is 11.3. The molecule has 3 aliphatic rings. The van der Waals surface area contributed by atoms with Gasteiger partial charge in [0.15, 0.2) is 5.82 Å². The van der Waals surface area contributed by atoms with Crippen molar-refractivity contribution in [1.29, 1.82) is 0 Å². The normalized spacial score (nSPS) is 27.8. The number of carboxylic acid groups (broad SMARTS) is 1. The van der Waals surface area contributed by atoms with Crippen LogP contribution in [0.2, 0.25) is 0 Å². The van der Waals surface area contributed by atoms with Crippen LogP contribution in [0.15, 0.2) is 6.20 Å². The van der Waals surface area contributed by atoms with E-state index >= 15 is 0 Å². The van der Waals surface area contributed by atoms with E-state index in [0.717, 1.165) is 69.4 Å². The SMILES string of the molecule is CC1CN(C2CCC(CCC(=O)O)CC2)C(=O)N1c1cnc2c(n1)CCN(C)CC2. The van der Waals surface area contributed by atoms with Gasteiger partial charge in [-0.2, -0.15) is 0 Å². The van der Waals surface area contributed by atoms with Crippen molar-refractivity contribution in [2.24, 2.45) is 5.92 Å². The summed E-state index contributed by atoms with van der Waals surface area (Å²) in [4.78, 5) is 39.8. The molecule has 1 aromatic heterocycles. The molecule has 1 aromatic rings. The summed E-state index contributed by atoms with van der Waals surface area (Å²) in [6.45, 7) is 4.75. The van der Waals surface area contributed by atoms with Gasteiger partial charge in [-0.1, -0.05) is 0 Å². The van der Waals surface area contributed by atoms with Gasteiger partial charge in [0, 0.05) is 44.9 Å². The van der Waals surface area contributed by atoms with Crippen LogP contribution in [-0.4, -0.2) is 75.6 Å². The molecule has 1 saturated heterocycles. The molecule has 0 radical (unpaired) electrons.